The Morgan fingerprint density at radius 3 is 2.57 bits per heavy atom. The summed E-state index contributed by atoms with van der Waals surface area (Å²) in [6.45, 7) is 10.7. The molecule has 0 saturated carbocycles. The summed E-state index contributed by atoms with van der Waals surface area (Å²) >= 11 is 9.41. The minimum Gasteiger partial charge on any atom is -0.444 e. The van der Waals surface area contributed by atoms with Gasteiger partial charge in [0.05, 0.1) is 17.3 Å². The lowest BCUT2D eigenvalue weighted by molar-refractivity contribution is -0.0240. The lowest BCUT2D eigenvalue weighted by atomic mass is 9.97. The van der Waals surface area contributed by atoms with Crippen LogP contribution in [0.5, 0.6) is 0 Å². The SMILES string of the molecule is CC(C)(C)OC(=O)N1CCCC1C(C)(C)O.Clc1cc(Br)c2c(c1)CCCN2. The quantitative estimate of drug-likeness (QED) is 0.553. The van der Waals surface area contributed by atoms with Crippen molar-refractivity contribution in [2.45, 2.75) is 77.5 Å². The molecule has 0 aromatic heterocycles. The van der Waals surface area contributed by atoms with Gasteiger partial charge in [-0.1, -0.05) is 11.6 Å². The number of carbonyl (C=O) groups is 1. The first-order valence-electron chi connectivity index (χ1n) is 9.82. The molecule has 1 aromatic rings. The van der Waals surface area contributed by atoms with E-state index >= 15 is 0 Å². The number of carbonyl (C=O) groups excluding carboxylic acids is 1. The predicted octanol–water partition coefficient (Wildman–Crippen LogP) is 5.62. The van der Waals surface area contributed by atoms with Gasteiger partial charge < -0.3 is 20.1 Å². The second kappa shape index (κ2) is 9.23. The zero-order valence-electron chi connectivity index (χ0n) is 17.4. The maximum atomic E-state index is 11.9. The molecule has 1 fully saturated rings. The van der Waals surface area contributed by atoms with Crippen LogP contribution in [0.4, 0.5) is 10.5 Å². The van der Waals surface area contributed by atoms with Gasteiger partial charge in [0.2, 0.25) is 0 Å². The summed E-state index contributed by atoms with van der Waals surface area (Å²) < 4.78 is 6.40. The molecule has 2 N–H and O–H groups in total. The van der Waals surface area contributed by atoms with E-state index in [0.29, 0.717) is 6.54 Å². The fraction of sp³-hybridized carbons (Fsp3) is 0.667. The standard InChI is InChI=1S/C12H23NO3.C9H9BrClN/c1-11(2,3)16-10(14)13-8-6-7-9(13)12(4,5)15;10-8-5-7(11)4-6-2-1-3-12-9(6)8/h9,15H,6-8H2,1-5H3;4-5,12H,1-3H2. The van der Waals surface area contributed by atoms with Crippen LogP contribution in [-0.4, -0.2) is 46.4 Å². The van der Waals surface area contributed by atoms with Gasteiger partial charge in [0.1, 0.15) is 5.60 Å². The van der Waals surface area contributed by atoms with Crippen molar-refractivity contribution >= 4 is 39.3 Å². The van der Waals surface area contributed by atoms with Crippen LogP contribution < -0.4 is 5.32 Å². The van der Waals surface area contributed by atoms with Gasteiger partial charge in [-0.2, -0.15) is 0 Å². The zero-order valence-corrected chi connectivity index (χ0v) is 19.8. The van der Waals surface area contributed by atoms with E-state index in [1.54, 1.807) is 18.7 Å². The molecule has 28 heavy (non-hydrogen) atoms. The molecular weight excluding hydrogens is 444 g/mol. The van der Waals surface area contributed by atoms with Gasteiger partial charge in [-0.05, 0) is 93.9 Å². The Kier molecular flexibility index (Phi) is 7.68. The second-order valence-corrected chi connectivity index (χ2v) is 10.2. The number of hydrogen-bond acceptors (Lipinski definition) is 4. The van der Waals surface area contributed by atoms with E-state index in [2.05, 4.69) is 21.2 Å². The molecule has 2 aliphatic rings. The smallest absolute Gasteiger partial charge is 0.410 e. The van der Waals surface area contributed by atoms with Crippen LogP contribution in [0.15, 0.2) is 16.6 Å². The Labute approximate surface area is 181 Å². The normalized spacial score (nSPS) is 19.3. The van der Waals surface area contributed by atoms with Crippen LogP contribution in [0, 0.1) is 0 Å². The molecule has 0 spiro atoms. The molecule has 2 aliphatic heterocycles. The van der Waals surface area contributed by atoms with E-state index in [1.165, 1.54) is 17.7 Å². The maximum absolute atomic E-state index is 11.9. The summed E-state index contributed by atoms with van der Waals surface area (Å²) in [5, 5.41) is 14.1. The van der Waals surface area contributed by atoms with Crippen LogP contribution >= 0.6 is 27.5 Å². The number of aryl methyl sites for hydroxylation is 1. The van der Waals surface area contributed by atoms with Crippen molar-refractivity contribution in [3.63, 3.8) is 0 Å². The molecule has 158 valence electrons. The average molecular weight is 476 g/mol. The average Bonchev–Trinajstić information content (AvgIpc) is 3.04. The van der Waals surface area contributed by atoms with Crippen molar-refractivity contribution in [2.75, 3.05) is 18.4 Å². The third kappa shape index (κ3) is 6.53. The molecule has 1 amide bonds. The number of nitrogens with one attached hydrogen (secondary N) is 1. The van der Waals surface area contributed by atoms with Crippen molar-refractivity contribution in [2.24, 2.45) is 0 Å². The van der Waals surface area contributed by atoms with Crippen LogP contribution in [0.25, 0.3) is 0 Å². The Morgan fingerprint density at radius 2 is 1.96 bits per heavy atom. The first-order valence-corrected chi connectivity index (χ1v) is 11.0. The maximum Gasteiger partial charge on any atom is 0.410 e. The lowest BCUT2D eigenvalue weighted by Crippen LogP contribution is -2.49. The molecule has 0 bridgehead atoms. The summed E-state index contributed by atoms with van der Waals surface area (Å²) in [5.41, 5.74) is 1.18. The highest BCUT2D eigenvalue weighted by molar-refractivity contribution is 9.10. The molecule has 0 radical (unpaired) electrons. The molecule has 1 saturated heterocycles. The van der Waals surface area contributed by atoms with Gasteiger partial charge in [0, 0.05) is 22.6 Å². The van der Waals surface area contributed by atoms with Gasteiger partial charge in [-0.15, -0.1) is 0 Å². The Morgan fingerprint density at radius 1 is 1.29 bits per heavy atom. The predicted molar refractivity (Wildman–Crippen MR) is 118 cm³/mol. The van der Waals surface area contributed by atoms with Crippen LogP contribution in [-0.2, 0) is 11.2 Å². The number of halogens is 2. The van der Waals surface area contributed by atoms with Gasteiger partial charge in [0.25, 0.3) is 0 Å². The summed E-state index contributed by atoms with van der Waals surface area (Å²) in [5.74, 6) is 0. The Balaban J connectivity index is 0.000000207. The number of fused-ring (bicyclic) bond motifs is 1. The molecule has 5 nitrogen and oxygen atoms in total. The fourth-order valence-electron chi connectivity index (χ4n) is 3.55. The topological polar surface area (TPSA) is 61.8 Å². The summed E-state index contributed by atoms with van der Waals surface area (Å²) in [6.07, 6.45) is 3.76. The van der Waals surface area contributed by atoms with Crippen molar-refractivity contribution < 1.29 is 14.6 Å². The molecule has 1 atom stereocenters. The lowest BCUT2D eigenvalue weighted by Gasteiger charge is -2.34. The number of likely N-dealkylation sites (tertiary alicyclic amines) is 1. The van der Waals surface area contributed by atoms with Gasteiger partial charge in [-0.25, -0.2) is 4.79 Å². The molecule has 1 aromatic carbocycles. The number of aliphatic hydroxyl groups is 1. The van der Waals surface area contributed by atoms with Crippen molar-refractivity contribution in [3.8, 4) is 0 Å². The van der Waals surface area contributed by atoms with E-state index in [9.17, 15) is 9.90 Å². The van der Waals surface area contributed by atoms with Gasteiger partial charge in [0.15, 0.2) is 0 Å². The summed E-state index contributed by atoms with van der Waals surface area (Å²) in [6, 6.07) is 3.83. The summed E-state index contributed by atoms with van der Waals surface area (Å²) in [7, 11) is 0. The van der Waals surface area contributed by atoms with Crippen molar-refractivity contribution in [3.05, 3.63) is 27.2 Å². The van der Waals surface area contributed by atoms with Gasteiger partial charge >= 0.3 is 6.09 Å². The van der Waals surface area contributed by atoms with Crippen LogP contribution in [0.3, 0.4) is 0 Å². The highest BCUT2D eigenvalue weighted by Crippen LogP contribution is 2.33. The highest BCUT2D eigenvalue weighted by Gasteiger charge is 2.40. The number of hydrogen-bond donors (Lipinski definition) is 2. The van der Waals surface area contributed by atoms with E-state index in [1.807, 2.05) is 32.9 Å². The van der Waals surface area contributed by atoms with E-state index < -0.39 is 11.2 Å². The molecule has 0 aliphatic carbocycles. The molecule has 3 rings (SSSR count). The summed E-state index contributed by atoms with van der Waals surface area (Å²) in [4.78, 5) is 13.6. The van der Waals surface area contributed by atoms with Crippen molar-refractivity contribution in [1.82, 2.24) is 4.90 Å². The van der Waals surface area contributed by atoms with Crippen LogP contribution in [0.1, 0.15) is 59.4 Å². The Bertz CT molecular complexity index is 698. The number of rotatable bonds is 1. The Hall–Kier alpha value is -0.980. The number of ether oxygens (including phenoxy) is 1. The number of nitrogens with zero attached hydrogens (tertiary/aromatic N) is 1. The minimum atomic E-state index is -0.868. The minimum absolute atomic E-state index is 0.137. The van der Waals surface area contributed by atoms with Crippen LogP contribution in [0.2, 0.25) is 5.02 Å². The van der Waals surface area contributed by atoms with E-state index in [0.717, 1.165) is 35.3 Å². The molecule has 2 heterocycles. The molecule has 1 unspecified atom stereocenters. The fourth-order valence-corrected chi connectivity index (χ4v) is 4.57. The van der Waals surface area contributed by atoms with Crippen molar-refractivity contribution in [1.29, 1.82) is 0 Å². The highest BCUT2D eigenvalue weighted by atomic mass is 79.9. The second-order valence-electron chi connectivity index (χ2n) is 8.94. The first-order chi connectivity index (χ1) is 12.9. The number of anilines is 1. The molecule has 7 heteroatoms. The van der Waals surface area contributed by atoms with E-state index in [4.69, 9.17) is 16.3 Å². The third-order valence-electron chi connectivity index (χ3n) is 4.76. The molecular formula is C21H32BrClN2O3. The van der Waals surface area contributed by atoms with E-state index in [-0.39, 0.29) is 12.1 Å². The van der Waals surface area contributed by atoms with Gasteiger partial charge in [-0.3, -0.25) is 0 Å². The third-order valence-corrected chi connectivity index (χ3v) is 5.60. The first kappa shape index (κ1) is 23.3. The number of benzene rings is 1. The zero-order chi connectivity index (χ0) is 21.1. The number of amides is 1. The largest absolute Gasteiger partial charge is 0.444 e. The monoisotopic (exact) mass is 474 g/mol.